The highest BCUT2D eigenvalue weighted by atomic mass is 32.2. The third kappa shape index (κ3) is 5.51. The summed E-state index contributed by atoms with van der Waals surface area (Å²) in [5, 5.41) is 0. The molecule has 2 aliphatic rings. The van der Waals surface area contributed by atoms with E-state index in [0.717, 1.165) is 51.6 Å². The van der Waals surface area contributed by atoms with Crippen molar-refractivity contribution in [1.29, 1.82) is 0 Å². The number of nitrogens with zero attached hydrogens (tertiary/aromatic N) is 2. The maximum Gasteiger partial charge on any atom is 0.240 e. The summed E-state index contributed by atoms with van der Waals surface area (Å²) in [5.74, 6) is 0.711. The summed E-state index contributed by atoms with van der Waals surface area (Å²) in [6.45, 7) is 5.52. The first kappa shape index (κ1) is 22.8. The number of nitrogens with one attached hydrogen (secondary N) is 1. The van der Waals surface area contributed by atoms with Crippen molar-refractivity contribution >= 4 is 21.6 Å². The third-order valence-corrected chi connectivity index (χ3v) is 7.34. The Morgan fingerprint density at radius 2 is 1.53 bits per heavy atom. The molecule has 0 radical (unpaired) electrons. The molecule has 1 atom stereocenters. The lowest BCUT2D eigenvalue weighted by molar-refractivity contribution is -0.133. The summed E-state index contributed by atoms with van der Waals surface area (Å²) >= 11 is 0. The van der Waals surface area contributed by atoms with E-state index in [0.29, 0.717) is 18.2 Å². The molecule has 2 aromatic carbocycles. The van der Waals surface area contributed by atoms with Crippen molar-refractivity contribution in [1.82, 2.24) is 9.80 Å². The number of piperidine rings is 1. The van der Waals surface area contributed by atoms with Gasteiger partial charge in [0.1, 0.15) is 0 Å². The van der Waals surface area contributed by atoms with Gasteiger partial charge in [-0.15, -0.1) is 0 Å². The molecule has 0 unspecified atom stereocenters. The number of likely N-dealkylation sites (tertiary alicyclic amines) is 2. The molecule has 6 nitrogen and oxygen atoms in total. The molecule has 0 spiro atoms. The maximum atomic E-state index is 13.1. The minimum Gasteiger partial charge on any atom is -0.337 e. The van der Waals surface area contributed by atoms with Gasteiger partial charge >= 0.3 is 0 Å². The second-order valence-corrected chi connectivity index (χ2v) is 10.8. The number of aryl methyl sites for hydroxylation is 1. The van der Waals surface area contributed by atoms with Gasteiger partial charge in [0.25, 0.3) is 0 Å². The Morgan fingerprint density at radius 3 is 2.12 bits per heavy atom. The van der Waals surface area contributed by atoms with Crippen molar-refractivity contribution < 1.29 is 13.2 Å². The number of rotatable bonds is 7. The van der Waals surface area contributed by atoms with Crippen LogP contribution in [0.1, 0.15) is 48.8 Å². The fourth-order valence-corrected chi connectivity index (χ4v) is 5.47. The summed E-state index contributed by atoms with van der Waals surface area (Å²) in [4.78, 5) is 17.4. The first-order chi connectivity index (χ1) is 15.3. The predicted octanol–water partition coefficient (Wildman–Crippen LogP) is 3.60. The van der Waals surface area contributed by atoms with Crippen molar-refractivity contribution in [2.45, 2.75) is 51.1 Å². The molecular formula is C25H33N3O3S. The second-order valence-electron chi connectivity index (χ2n) is 9.04. The first-order valence-corrected chi connectivity index (χ1v) is 13.4. The summed E-state index contributed by atoms with van der Waals surface area (Å²) in [7, 11) is -3.26. The minimum absolute atomic E-state index is 0.00667. The van der Waals surface area contributed by atoms with Gasteiger partial charge in [0.15, 0.2) is 0 Å². The van der Waals surface area contributed by atoms with Crippen molar-refractivity contribution in [2.75, 3.05) is 30.6 Å². The standard InChI is InChI=1S/C25H33N3O3S/c1-3-19-4-6-20(7-5-19)18-28-17-14-24(25(28)29)27-15-12-22(13-16-27)21-8-10-23(11-9-21)26-32(2,30)31/h4-11,22,24,26H,3,12-18H2,1-2H3/t24-/m1/s1. The van der Waals surface area contributed by atoms with E-state index in [-0.39, 0.29) is 11.9 Å². The van der Waals surface area contributed by atoms with E-state index in [9.17, 15) is 13.2 Å². The molecule has 0 saturated carbocycles. The molecule has 2 aliphatic heterocycles. The molecule has 2 aromatic rings. The molecule has 1 amide bonds. The lowest BCUT2D eigenvalue weighted by atomic mass is 9.88. The topological polar surface area (TPSA) is 69.7 Å². The van der Waals surface area contributed by atoms with Gasteiger partial charge < -0.3 is 4.90 Å². The summed E-state index contributed by atoms with van der Waals surface area (Å²) in [5.41, 5.74) is 4.35. The number of anilines is 1. The number of carbonyl (C=O) groups excluding carboxylic acids is 1. The number of amides is 1. The van der Waals surface area contributed by atoms with Crippen LogP contribution in [0.15, 0.2) is 48.5 Å². The van der Waals surface area contributed by atoms with E-state index in [1.54, 1.807) is 0 Å². The van der Waals surface area contributed by atoms with Crippen LogP contribution in [-0.2, 0) is 27.8 Å². The van der Waals surface area contributed by atoms with Crippen LogP contribution in [0.5, 0.6) is 0 Å². The van der Waals surface area contributed by atoms with E-state index in [4.69, 9.17) is 0 Å². The Kier molecular flexibility index (Phi) is 6.86. The molecule has 7 heteroatoms. The van der Waals surface area contributed by atoms with Gasteiger partial charge in [-0.2, -0.15) is 0 Å². The number of sulfonamides is 1. The molecule has 0 bridgehead atoms. The Morgan fingerprint density at radius 1 is 0.906 bits per heavy atom. The predicted molar refractivity (Wildman–Crippen MR) is 128 cm³/mol. The van der Waals surface area contributed by atoms with Crippen molar-refractivity contribution in [3.05, 3.63) is 65.2 Å². The molecule has 2 fully saturated rings. The second kappa shape index (κ2) is 9.63. The zero-order valence-corrected chi connectivity index (χ0v) is 19.8. The maximum absolute atomic E-state index is 13.1. The largest absolute Gasteiger partial charge is 0.337 e. The number of carbonyl (C=O) groups is 1. The van der Waals surface area contributed by atoms with Gasteiger partial charge in [0.2, 0.25) is 15.9 Å². The van der Waals surface area contributed by atoms with E-state index >= 15 is 0 Å². The Labute approximate surface area is 191 Å². The zero-order valence-electron chi connectivity index (χ0n) is 19.0. The van der Waals surface area contributed by atoms with Crippen LogP contribution in [0.3, 0.4) is 0 Å². The van der Waals surface area contributed by atoms with Crippen molar-refractivity contribution in [2.24, 2.45) is 0 Å². The van der Waals surface area contributed by atoms with Crippen LogP contribution in [0, 0.1) is 0 Å². The molecule has 2 heterocycles. The smallest absolute Gasteiger partial charge is 0.240 e. The molecule has 0 aliphatic carbocycles. The van der Waals surface area contributed by atoms with Crippen LogP contribution in [0.25, 0.3) is 0 Å². The fourth-order valence-electron chi connectivity index (χ4n) is 4.90. The lowest BCUT2D eigenvalue weighted by Gasteiger charge is -2.35. The fraction of sp³-hybridized carbons (Fsp3) is 0.480. The average Bonchev–Trinajstić information content (AvgIpc) is 3.14. The highest BCUT2D eigenvalue weighted by Gasteiger charge is 2.37. The van der Waals surface area contributed by atoms with Crippen molar-refractivity contribution in [3.63, 3.8) is 0 Å². The summed E-state index contributed by atoms with van der Waals surface area (Å²) in [6, 6.07) is 16.3. The number of hydrogen-bond acceptors (Lipinski definition) is 4. The monoisotopic (exact) mass is 455 g/mol. The third-order valence-electron chi connectivity index (χ3n) is 6.73. The SMILES string of the molecule is CCc1ccc(CN2CC[C@@H](N3CCC(c4ccc(NS(C)(=O)=O)cc4)CC3)C2=O)cc1. The van der Waals surface area contributed by atoms with Gasteiger partial charge in [-0.3, -0.25) is 14.4 Å². The van der Waals surface area contributed by atoms with Gasteiger partial charge in [0, 0.05) is 18.8 Å². The normalized spacial score (nSPS) is 20.6. The lowest BCUT2D eigenvalue weighted by Crippen LogP contribution is -2.45. The summed E-state index contributed by atoms with van der Waals surface area (Å²) < 4.78 is 25.3. The van der Waals surface area contributed by atoms with Gasteiger partial charge in [-0.25, -0.2) is 8.42 Å². The van der Waals surface area contributed by atoms with Crippen LogP contribution < -0.4 is 4.72 Å². The minimum atomic E-state index is -3.26. The molecule has 0 aromatic heterocycles. The van der Waals surface area contributed by atoms with Crippen LogP contribution in [0.4, 0.5) is 5.69 Å². The van der Waals surface area contributed by atoms with Crippen molar-refractivity contribution in [3.8, 4) is 0 Å². The quantitative estimate of drug-likeness (QED) is 0.693. The van der Waals surface area contributed by atoms with Crippen LogP contribution >= 0.6 is 0 Å². The van der Waals surface area contributed by atoms with E-state index < -0.39 is 10.0 Å². The molecular weight excluding hydrogens is 422 g/mol. The number of benzene rings is 2. The van der Waals surface area contributed by atoms with Crippen LogP contribution in [-0.4, -0.2) is 56.1 Å². The van der Waals surface area contributed by atoms with E-state index in [1.807, 2.05) is 29.2 Å². The highest BCUT2D eigenvalue weighted by molar-refractivity contribution is 7.92. The van der Waals surface area contributed by atoms with Crippen LogP contribution in [0.2, 0.25) is 0 Å². The average molecular weight is 456 g/mol. The molecule has 172 valence electrons. The van der Waals surface area contributed by atoms with Gasteiger partial charge in [-0.05, 0) is 73.5 Å². The molecule has 4 rings (SSSR count). The Bertz CT molecular complexity index is 1030. The summed E-state index contributed by atoms with van der Waals surface area (Å²) in [6.07, 6.45) is 5.12. The molecule has 1 N–H and O–H groups in total. The highest BCUT2D eigenvalue weighted by Crippen LogP contribution is 2.31. The van der Waals surface area contributed by atoms with E-state index in [2.05, 4.69) is 40.8 Å². The molecule has 32 heavy (non-hydrogen) atoms. The number of hydrogen-bond donors (Lipinski definition) is 1. The van der Waals surface area contributed by atoms with Gasteiger partial charge in [0.05, 0.1) is 12.3 Å². The molecule has 2 saturated heterocycles. The Balaban J connectivity index is 1.30. The zero-order chi connectivity index (χ0) is 22.7. The van der Waals surface area contributed by atoms with E-state index in [1.165, 1.54) is 16.7 Å². The first-order valence-electron chi connectivity index (χ1n) is 11.5. The Hall–Kier alpha value is -2.38. The van der Waals surface area contributed by atoms with Gasteiger partial charge in [-0.1, -0.05) is 43.3 Å².